The van der Waals surface area contributed by atoms with Crippen LogP contribution in [0.4, 0.5) is 15.9 Å². The van der Waals surface area contributed by atoms with Crippen molar-refractivity contribution in [2.45, 2.75) is 30.2 Å². The fourth-order valence-electron chi connectivity index (χ4n) is 3.72. The molecule has 156 valence electrons. The van der Waals surface area contributed by atoms with E-state index in [1.807, 2.05) is 6.07 Å². The summed E-state index contributed by atoms with van der Waals surface area (Å²) in [7, 11) is 24.3. The SMILES string of the molecule is [B]C1([B])OC(C)(C)C(=O)N(c2cc(-c3c(F)c(Cl)c4c(N)ncnn34)ccc2C#N)C1([B])[B]. The minimum atomic E-state index is -2.28. The monoisotopic (exact) mass is 454 g/mol. The number of nitriles is 1. The molecule has 3 heterocycles. The second-order valence-electron chi connectivity index (χ2n) is 8.10. The van der Waals surface area contributed by atoms with E-state index >= 15 is 4.39 Å². The Labute approximate surface area is 198 Å². The van der Waals surface area contributed by atoms with Gasteiger partial charge in [0.1, 0.15) is 49.9 Å². The Morgan fingerprint density at radius 3 is 2.58 bits per heavy atom. The van der Waals surface area contributed by atoms with Crippen molar-refractivity contribution >= 4 is 65.9 Å². The number of aromatic nitrogens is 3. The number of fused-ring (bicyclic) bond motifs is 1. The van der Waals surface area contributed by atoms with Crippen LogP contribution in [-0.2, 0) is 9.53 Å². The van der Waals surface area contributed by atoms with Crippen LogP contribution in [0.25, 0.3) is 16.8 Å². The molecule has 3 aromatic rings. The van der Waals surface area contributed by atoms with Gasteiger partial charge in [0.25, 0.3) is 5.91 Å². The second kappa shape index (κ2) is 7.27. The van der Waals surface area contributed by atoms with Crippen LogP contribution in [-0.4, -0.2) is 68.2 Å². The molecule has 33 heavy (non-hydrogen) atoms. The van der Waals surface area contributed by atoms with Crippen molar-refractivity contribution in [2.75, 3.05) is 10.6 Å². The molecule has 8 radical (unpaired) electrons. The van der Waals surface area contributed by atoms with Gasteiger partial charge in [-0.25, -0.2) is 13.9 Å². The molecule has 4 rings (SSSR count). The summed E-state index contributed by atoms with van der Waals surface area (Å²) in [6, 6.07) is 6.06. The van der Waals surface area contributed by atoms with E-state index in [4.69, 9.17) is 53.5 Å². The van der Waals surface area contributed by atoms with Crippen molar-refractivity contribution in [2.24, 2.45) is 0 Å². The molecular weight excluding hydrogens is 442 g/mol. The first-order valence-corrected chi connectivity index (χ1v) is 9.83. The first-order valence-electron chi connectivity index (χ1n) is 9.45. The number of nitrogens with zero attached hydrogens (tertiary/aromatic N) is 5. The Hall–Kier alpha value is -2.96. The zero-order valence-corrected chi connectivity index (χ0v) is 18.3. The van der Waals surface area contributed by atoms with Crippen LogP contribution < -0.4 is 10.6 Å². The lowest BCUT2D eigenvalue weighted by molar-refractivity contribution is -0.155. The minimum Gasteiger partial charge on any atom is -0.382 e. The fourth-order valence-corrected chi connectivity index (χ4v) is 3.99. The summed E-state index contributed by atoms with van der Waals surface area (Å²) in [6.45, 7) is 2.84. The molecule has 0 saturated carbocycles. The largest absolute Gasteiger partial charge is 0.382 e. The highest BCUT2D eigenvalue weighted by Gasteiger charge is 2.55. The Morgan fingerprint density at radius 1 is 1.27 bits per heavy atom. The molecule has 0 unspecified atom stereocenters. The number of hydrogen-bond donors (Lipinski definition) is 1. The summed E-state index contributed by atoms with van der Waals surface area (Å²) in [5.74, 6) is -1.61. The van der Waals surface area contributed by atoms with Crippen molar-refractivity contribution < 1.29 is 13.9 Å². The number of ether oxygens (including phenoxy) is 1. The molecule has 8 nitrogen and oxygen atoms in total. The maximum atomic E-state index is 15.2. The molecule has 0 spiro atoms. The summed E-state index contributed by atoms with van der Waals surface area (Å²) in [5, 5.41) is 8.93. The normalized spacial score (nSPS) is 18.9. The molecule has 1 fully saturated rings. The van der Waals surface area contributed by atoms with Gasteiger partial charge in [0.2, 0.25) is 0 Å². The van der Waals surface area contributed by atoms with E-state index < -0.39 is 28.1 Å². The Bertz CT molecular complexity index is 1370. The van der Waals surface area contributed by atoms with Crippen LogP contribution in [0.1, 0.15) is 19.4 Å². The molecule has 1 amide bonds. The number of nitrogens with two attached hydrogens (primary N) is 1. The highest BCUT2D eigenvalue weighted by atomic mass is 35.5. The van der Waals surface area contributed by atoms with E-state index in [1.165, 1.54) is 32.0 Å². The maximum absolute atomic E-state index is 15.2. The quantitative estimate of drug-likeness (QED) is 0.574. The van der Waals surface area contributed by atoms with Gasteiger partial charge in [0, 0.05) is 5.56 Å². The third kappa shape index (κ3) is 3.23. The van der Waals surface area contributed by atoms with Crippen LogP contribution in [0.3, 0.4) is 0 Å². The van der Waals surface area contributed by atoms with Gasteiger partial charge in [0.05, 0.1) is 26.9 Å². The first kappa shape index (κ1) is 23.2. The van der Waals surface area contributed by atoms with Gasteiger partial charge in [-0.15, -0.1) is 0 Å². The maximum Gasteiger partial charge on any atom is 0.257 e. The van der Waals surface area contributed by atoms with Crippen molar-refractivity contribution in [1.82, 2.24) is 14.6 Å². The van der Waals surface area contributed by atoms with Gasteiger partial charge in [-0.3, -0.25) is 4.79 Å². The van der Waals surface area contributed by atoms with Crippen molar-refractivity contribution in [3.05, 3.63) is 40.9 Å². The number of benzene rings is 1. The van der Waals surface area contributed by atoms with E-state index in [2.05, 4.69) is 10.1 Å². The van der Waals surface area contributed by atoms with E-state index in [9.17, 15) is 10.1 Å². The lowest BCUT2D eigenvalue weighted by atomic mass is 9.38. The number of rotatable bonds is 2. The van der Waals surface area contributed by atoms with E-state index in [-0.39, 0.29) is 38.9 Å². The molecule has 14 heteroatoms. The fraction of sp³-hybridized carbons (Fsp3) is 0.263. The van der Waals surface area contributed by atoms with Gasteiger partial charge < -0.3 is 15.4 Å². The van der Waals surface area contributed by atoms with E-state index in [0.717, 1.165) is 15.7 Å². The number of anilines is 2. The molecule has 0 atom stereocenters. The summed E-state index contributed by atoms with van der Waals surface area (Å²) in [5.41, 5.74) is 4.32. The van der Waals surface area contributed by atoms with Crippen molar-refractivity contribution in [3.63, 3.8) is 0 Å². The topological polar surface area (TPSA) is 110 Å². The van der Waals surface area contributed by atoms with Crippen molar-refractivity contribution in [3.8, 4) is 17.3 Å². The van der Waals surface area contributed by atoms with Crippen LogP contribution in [0.2, 0.25) is 5.02 Å². The van der Waals surface area contributed by atoms with Gasteiger partial charge in [-0.05, 0) is 36.7 Å². The number of hydrogen-bond acceptors (Lipinski definition) is 6. The summed E-state index contributed by atoms with van der Waals surface area (Å²) < 4.78 is 21.8. The second-order valence-corrected chi connectivity index (χ2v) is 8.48. The number of halogens is 2. The average molecular weight is 454 g/mol. The predicted molar refractivity (Wildman–Crippen MR) is 124 cm³/mol. The Kier molecular flexibility index (Phi) is 5.11. The standard InChI is InChI=1S/C19H12B4ClFN6O2/c1-17(2)16(32)30(18(20,21)19(22,23)33-17)10-5-8(3-4-9(10)6-26)13-12(25)11(24)14-15(27)28-7-29-31(13)14/h3-5,7H,1-2H3,(H2,27,28,29). The summed E-state index contributed by atoms with van der Waals surface area (Å²) in [6.07, 6.45) is 1.13. The van der Waals surface area contributed by atoms with Gasteiger partial charge in [-0.2, -0.15) is 10.4 Å². The minimum absolute atomic E-state index is 0.0117. The van der Waals surface area contributed by atoms with Crippen molar-refractivity contribution in [1.29, 1.82) is 5.26 Å². The zero-order chi connectivity index (χ0) is 24.5. The van der Waals surface area contributed by atoms with E-state index in [0.29, 0.717) is 0 Å². The van der Waals surface area contributed by atoms with Crippen LogP contribution in [0.15, 0.2) is 24.5 Å². The van der Waals surface area contributed by atoms with Crippen LogP contribution in [0, 0.1) is 17.1 Å². The third-order valence-corrected chi connectivity index (χ3v) is 5.75. The molecule has 1 aliphatic heterocycles. The van der Waals surface area contributed by atoms with Gasteiger partial charge >= 0.3 is 0 Å². The molecule has 2 N–H and O–H groups in total. The predicted octanol–water partition coefficient (Wildman–Crippen LogP) is 0.766. The molecular formula is C19H12B4ClFN6O2. The Morgan fingerprint density at radius 2 is 1.94 bits per heavy atom. The highest BCUT2D eigenvalue weighted by molar-refractivity contribution is 6.56. The number of carbonyl (C=O) groups excluding carboxylic acids is 1. The summed E-state index contributed by atoms with van der Waals surface area (Å²) in [4.78, 5) is 18.0. The molecule has 0 bridgehead atoms. The number of morpholine rings is 1. The number of nitrogen functional groups attached to an aromatic ring is 1. The number of carbonyl (C=O) groups is 1. The molecule has 2 aromatic heterocycles. The highest BCUT2D eigenvalue weighted by Crippen LogP contribution is 2.42. The average Bonchev–Trinajstić information content (AvgIpc) is 2.97. The van der Waals surface area contributed by atoms with Crippen LogP contribution in [0.5, 0.6) is 0 Å². The molecule has 1 saturated heterocycles. The Balaban J connectivity index is 2.01. The summed E-state index contributed by atoms with van der Waals surface area (Å²) >= 11 is 6.13. The smallest absolute Gasteiger partial charge is 0.257 e. The zero-order valence-electron chi connectivity index (χ0n) is 17.5. The first-order chi connectivity index (χ1) is 15.2. The van der Waals surface area contributed by atoms with Crippen LogP contribution >= 0.6 is 11.6 Å². The van der Waals surface area contributed by atoms with Gasteiger partial charge in [0.15, 0.2) is 11.6 Å². The van der Waals surface area contributed by atoms with E-state index in [1.54, 1.807) is 0 Å². The molecule has 1 aromatic carbocycles. The lowest BCUT2D eigenvalue weighted by Crippen LogP contribution is -2.78. The lowest BCUT2D eigenvalue weighted by Gasteiger charge is -2.59. The van der Waals surface area contributed by atoms with Gasteiger partial charge in [-0.1, -0.05) is 17.7 Å². The molecule has 1 aliphatic rings. The third-order valence-electron chi connectivity index (χ3n) is 5.41. The molecule has 0 aliphatic carbocycles. The number of amides is 1.